The first-order chi connectivity index (χ1) is 6.61. The highest BCUT2D eigenvalue weighted by Crippen LogP contribution is 1.90. The molecule has 0 saturated carbocycles. The highest BCUT2D eigenvalue weighted by atomic mass is 16.4. The van der Waals surface area contributed by atoms with Crippen LogP contribution in [0.5, 0.6) is 0 Å². The molecule has 0 spiro atoms. The molecule has 0 aromatic rings. The van der Waals surface area contributed by atoms with E-state index in [0.717, 1.165) is 11.0 Å². The van der Waals surface area contributed by atoms with E-state index in [1.165, 1.54) is 0 Å². The van der Waals surface area contributed by atoms with Gasteiger partial charge in [-0.05, 0) is 0 Å². The van der Waals surface area contributed by atoms with E-state index >= 15 is 0 Å². The van der Waals surface area contributed by atoms with Gasteiger partial charge in [-0.2, -0.15) is 0 Å². The smallest absolute Gasteiger partial charge is 0.328 e. The monoisotopic (exact) mass is 203 g/mol. The number of hydrogen-bond acceptors (Lipinski definition) is 4. The van der Waals surface area contributed by atoms with E-state index in [1.54, 1.807) is 0 Å². The van der Waals surface area contributed by atoms with Gasteiger partial charge in [0, 0.05) is 25.2 Å². The number of hydrogen-bond donors (Lipinski definition) is 3. The fourth-order valence-corrected chi connectivity index (χ4v) is 0.822. The molecule has 0 unspecified atom stereocenters. The minimum atomic E-state index is -1.22. The molecular weight excluding hydrogens is 190 g/mol. The first-order valence-corrected chi connectivity index (χ1v) is 4.03. The Balaban J connectivity index is 4.20. The number of nitrogens with zero attached hydrogens (tertiary/aromatic N) is 1. The third kappa shape index (κ3) is 5.28. The van der Waals surface area contributed by atoms with Crippen molar-refractivity contribution in [2.75, 3.05) is 26.3 Å². The molecule has 0 aromatic heterocycles. The number of aliphatic hydroxyl groups excluding tert-OH is 2. The summed E-state index contributed by atoms with van der Waals surface area (Å²) in [7, 11) is 0. The number of aliphatic hydroxyl groups is 2. The maximum atomic E-state index is 11.2. The number of aliphatic carboxylic acids is 1. The van der Waals surface area contributed by atoms with E-state index in [0.29, 0.717) is 6.08 Å². The standard InChI is InChI=1S/C8H13NO5/c10-5-3-9(4-6-11)7(12)1-2-8(13)14/h1-2,10-11H,3-6H2,(H,13,14)/b2-1+. The second-order valence-electron chi connectivity index (χ2n) is 2.44. The molecule has 0 aromatic carbocycles. The lowest BCUT2D eigenvalue weighted by Gasteiger charge is -2.18. The summed E-state index contributed by atoms with van der Waals surface area (Å²) in [5, 5.41) is 25.4. The van der Waals surface area contributed by atoms with Crippen LogP contribution in [0.3, 0.4) is 0 Å². The van der Waals surface area contributed by atoms with Gasteiger partial charge in [-0.1, -0.05) is 0 Å². The predicted octanol–water partition coefficient (Wildman–Crippen LogP) is -1.56. The van der Waals surface area contributed by atoms with Crippen LogP contribution in [0, 0.1) is 0 Å². The van der Waals surface area contributed by atoms with Gasteiger partial charge in [-0.3, -0.25) is 4.79 Å². The van der Waals surface area contributed by atoms with Gasteiger partial charge < -0.3 is 20.2 Å². The Morgan fingerprint density at radius 3 is 1.93 bits per heavy atom. The average Bonchev–Trinajstić information content (AvgIpc) is 2.14. The Labute approximate surface area is 81.1 Å². The maximum absolute atomic E-state index is 11.2. The van der Waals surface area contributed by atoms with E-state index in [1.807, 2.05) is 0 Å². The molecule has 6 heteroatoms. The van der Waals surface area contributed by atoms with Crippen molar-refractivity contribution in [2.45, 2.75) is 0 Å². The maximum Gasteiger partial charge on any atom is 0.328 e. The van der Waals surface area contributed by atoms with Gasteiger partial charge in [0.05, 0.1) is 13.2 Å². The number of carbonyl (C=O) groups excluding carboxylic acids is 1. The first-order valence-electron chi connectivity index (χ1n) is 4.03. The Hall–Kier alpha value is -1.40. The fourth-order valence-electron chi connectivity index (χ4n) is 0.822. The molecule has 0 aliphatic rings. The van der Waals surface area contributed by atoms with Gasteiger partial charge in [0.25, 0.3) is 0 Å². The summed E-state index contributed by atoms with van der Waals surface area (Å²) in [6.07, 6.45) is 1.59. The largest absolute Gasteiger partial charge is 0.478 e. The van der Waals surface area contributed by atoms with Gasteiger partial charge in [0.15, 0.2) is 0 Å². The van der Waals surface area contributed by atoms with Gasteiger partial charge in [-0.25, -0.2) is 4.79 Å². The van der Waals surface area contributed by atoms with Gasteiger partial charge in [0.1, 0.15) is 0 Å². The van der Waals surface area contributed by atoms with E-state index in [-0.39, 0.29) is 26.3 Å². The van der Waals surface area contributed by atoms with Crippen LogP contribution in [0.25, 0.3) is 0 Å². The summed E-state index contributed by atoms with van der Waals surface area (Å²) < 4.78 is 0. The van der Waals surface area contributed by atoms with Crippen molar-refractivity contribution in [1.82, 2.24) is 4.90 Å². The minimum absolute atomic E-state index is 0.0728. The molecular formula is C8H13NO5. The molecule has 14 heavy (non-hydrogen) atoms. The van der Waals surface area contributed by atoms with Crippen molar-refractivity contribution >= 4 is 11.9 Å². The van der Waals surface area contributed by atoms with Crippen LogP contribution in [0.4, 0.5) is 0 Å². The Morgan fingerprint density at radius 2 is 1.57 bits per heavy atom. The van der Waals surface area contributed by atoms with Gasteiger partial charge in [-0.15, -0.1) is 0 Å². The highest BCUT2D eigenvalue weighted by Gasteiger charge is 2.08. The van der Waals surface area contributed by atoms with Crippen LogP contribution in [0.15, 0.2) is 12.2 Å². The van der Waals surface area contributed by atoms with Crippen molar-refractivity contribution in [2.24, 2.45) is 0 Å². The molecule has 0 bridgehead atoms. The van der Waals surface area contributed by atoms with Crippen molar-refractivity contribution in [3.8, 4) is 0 Å². The molecule has 0 fully saturated rings. The minimum Gasteiger partial charge on any atom is -0.478 e. The van der Waals surface area contributed by atoms with Crippen LogP contribution in [0.1, 0.15) is 0 Å². The van der Waals surface area contributed by atoms with Crippen molar-refractivity contribution in [3.05, 3.63) is 12.2 Å². The lowest BCUT2D eigenvalue weighted by molar-refractivity contribution is -0.132. The summed E-state index contributed by atoms with van der Waals surface area (Å²) in [5.74, 6) is -1.76. The lowest BCUT2D eigenvalue weighted by atomic mass is 10.4. The summed E-state index contributed by atoms with van der Waals surface area (Å²) >= 11 is 0. The van der Waals surface area contributed by atoms with Crippen molar-refractivity contribution in [1.29, 1.82) is 0 Å². The highest BCUT2D eigenvalue weighted by molar-refractivity contribution is 5.93. The van der Waals surface area contributed by atoms with E-state index in [4.69, 9.17) is 15.3 Å². The SMILES string of the molecule is O=C(O)/C=C/C(=O)N(CCO)CCO. The zero-order valence-corrected chi connectivity index (χ0v) is 7.59. The average molecular weight is 203 g/mol. The molecule has 3 N–H and O–H groups in total. The third-order valence-electron chi connectivity index (χ3n) is 1.42. The molecule has 0 heterocycles. The number of carbonyl (C=O) groups is 2. The fraction of sp³-hybridized carbons (Fsp3) is 0.500. The van der Waals surface area contributed by atoms with Gasteiger partial charge >= 0.3 is 5.97 Å². The van der Waals surface area contributed by atoms with Crippen molar-refractivity contribution in [3.63, 3.8) is 0 Å². The molecule has 0 rings (SSSR count). The summed E-state index contributed by atoms with van der Waals surface area (Å²) in [6.45, 7) is -0.313. The van der Waals surface area contributed by atoms with Crippen LogP contribution >= 0.6 is 0 Å². The predicted molar refractivity (Wildman–Crippen MR) is 47.5 cm³/mol. The summed E-state index contributed by atoms with van der Waals surface area (Å²) in [4.78, 5) is 22.4. The van der Waals surface area contributed by atoms with Crippen LogP contribution in [-0.2, 0) is 9.59 Å². The molecule has 0 aliphatic carbocycles. The first kappa shape index (κ1) is 12.6. The molecule has 0 saturated heterocycles. The van der Waals surface area contributed by atoms with Crippen molar-refractivity contribution < 1.29 is 24.9 Å². The molecule has 0 atom stereocenters. The second-order valence-corrected chi connectivity index (χ2v) is 2.44. The number of carboxylic acid groups (broad SMARTS) is 1. The Morgan fingerprint density at radius 1 is 1.07 bits per heavy atom. The lowest BCUT2D eigenvalue weighted by Crippen LogP contribution is -2.34. The molecule has 1 amide bonds. The van der Waals surface area contributed by atoms with Crippen LogP contribution < -0.4 is 0 Å². The molecule has 0 aliphatic heterocycles. The Bertz CT molecular complexity index is 220. The van der Waals surface area contributed by atoms with E-state index in [2.05, 4.69) is 0 Å². The molecule has 0 radical (unpaired) electrons. The molecule has 80 valence electrons. The normalized spacial score (nSPS) is 10.4. The summed E-state index contributed by atoms with van der Waals surface area (Å²) in [6, 6.07) is 0. The number of carboxylic acids is 1. The third-order valence-corrected chi connectivity index (χ3v) is 1.42. The number of amides is 1. The Kier molecular flexibility index (Phi) is 6.34. The van der Waals surface area contributed by atoms with Crippen LogP contribution in [-0.4, -0.2) is 58.4 Å². The molecule has 6 nitrogen and oxygen atoms in total. The zero-order chi connectivity index (χ0) is 11.0. The van der Waals surface area contributed by atoms with E-state index < -0.39 is 11.9 Å². The summed E-state index contributed by atoms with van der Waals surface area (Å²) in [5.41, 5.74) is 0. The zero-order valence-electron chi connectivity index (χ0n) is 7.59. The quantitative estimate of drug-likeness (QED) is 0.453. The van der Waals surface area contributed by atoms with Crippen LogP contribution in [0.2, 0.25) is 0 Å². The second kappa shape index (κ2) is 7.05. The van der Waals surface area contributed by atoms with E-state index in [9.17, 15) is 9.59 Å². The number of rotatable bonds is 6. The topological polar surface area (TPSA) is 98.1 Å². The van der Waals surface area contributed by atoms with Gasteiger partial charge in [0.2, 0.25) is 5.91 Å².